The molecule has 1 N–H and O–H groups in total. The normalized spacial score (nSPS) is 20.8. The maximum atomic E-state index is 12.8. The van der Waals surface area contributed by atoms with Crippen LogP contribution in [0.2, 0.25) is 15.1 Å². The maximum absolute atomic E-state index is 12.8. The number of hydrogen-bond acceptors (Lipinski definition) is 3. The van der Waals surface area contributed by atoms with Crippen LogP contribution in [0.25, 0.3) is 0 Å². The number of hydrogen-bond donors (Lipinski definition) is 1. The second kappa shape index (κ2) is 7.06. The fourth-order valence-electron chi connectivity index (χ4n) is 2.86. The number of halogens is 3. The highest BCUT2D eigenvalue weighted by Crippen LogP contribution is 2.35. The Labute approximate surface area is 152 Å². The molecule has 1 aromatic rings. The van der Waals surface area contributed by atoms with Gasteiger partial charge in [-0.15, -0.1) is 0 Å². The van der Waals surface area contributed by atoms with E-state index in [9.17, 15) is 8.42 Å². The minimum atomic E-state index is -3.70. The molecule has 0 amide bonds. The highest BCUT2D eigenvalue weighted by atomic mass is 35.5. The van der Waals surface area contributed by atoms with Gasteiger partial charge in [-0.3, -0.25) is 0 Å². The number of nitrogens with one attached hydrogen (secondary N) is 1. The lowest BCUT2D eigenvalue weighted by Crippen LogP contribution is -2.45. The summed E-state index contributed by atoms with van der Waals surface area (Å²) < 4.78 is 27.1. The van der Waals surface area contributed by atoms with Crippen LogP contribution >= 0.6 is 34.8 Å². The molecular formula is C15H19Cl3N2O2S. The van der Waals surface area contributed by atoms with Crippen LogP contribution in [0.5, 0.6) is 0 Å². The number of nitrogens with zero attached hydrogens (tertiary/aromatic N) is 1. The van der Waals surface area contributed by atoms with Crippen LogP contribution in [-0.2, 0) is 10.0 Å². The summed E-state index contributed by atoms with van der Waals surface area (Å²) in [5.41, 5.74) is 0. The number of sulfonamides is 1. The van der Waals surface area contributed by atoms with Gasteiger partial charge in [0.05, 0.1) is 10.0 Å². The second-order valence-corrected chi connectivity index (χ2v) is 9.35. The van der Waals surface area contributed by atoms with Crippen LogP contribution in [0.4, 0.5) is 0 Å². The molecule has 8 heteroatoms. The Bertz CT molecular complexity index is 661. The van der Waals surface area contributed by atoms with Crippen molar-refractivity contribution in [3.05, 3.63) is 27.2 Å². The average molecular weight is 398 g/mol. The van der Waals surface area contributed by atoms with E-state index in [1.165, 1.54) is 29.3 Å². The van der Waals surface area contributed by atoms with Gasteiger partial charge in [-0.1, -0.05) is 34.8 Å². The third-order valence-electron chi connectivity index (χ3n) is 4.41. The lowest BCUT2D eigenvalue weighted by molar-refractivity contribution is 0.288. The number of piperidine rings is 1. The van der Waals surface area contributed by atoms with Gasteiger partial charge in [-0.05, 0) is 50.3 Å². The van der Waals surface area contributed by atoms with Crippen molar-refractivity contribution in [1.82, 2.24) is 9.62 Å². The summed E-state index contributed by atoms with van der Waals surface area (Å²) in [6.07, 6.45) is 4.23. The van der Waals surface area contributed by atoms with Gasteiger partial charge in [0.15, 0.2) is 0 Å². The molecule has 0 radical (unpaired) electrons. The summed E-state index contributed by atoms with van der Waals surface area (Å²) in [5.74, 6) is 0.823. The zero-order chi connectivity index (χ0) is 16.6. The van der Waals surface area contributed by atoms with Gasteiger partial charge >= 0.3 is 0 Å². The molecule has 1 heterocycles. The van der Waals surface area contributed by atoms with E-state index in [-0.39, 0.29) is 14.9 Å². The van der Waals surface area contributed by atoms with Gasteiger partial charge in [-0.25, -0.2) is 8.42 Å². The van der Waals surface area contributed by atoms with Gasteiger partial charge in [0.2, 0.25) is 10.0 Å². The third-order valence-corrected chi connectivity index (χ3v) is 7.45. The first-order chi connectivity index (χ1) is 10.9. The Morgan fingerprint density at radius 3 is 2.13 bits per heavy atom. The van der Waals surface area contributed by atoms with E-state index in [2.05, 4.69) is 5.32 Å². The van der Waals surface area contributed by atoms with Crippen molar-refractivity contribution in [2.45, 2.75) is 36.6 Å². The average Bonchev–Trinajstić information content (AvgIpc) is 3.28. The highest BCUT2D eigenvalue weighted by Gasteiger charge is 2.33. The molecular weight excluding hydrogens is 379 g/mol. The molecule has 1 saturated heterocycles. The first-order valence-electron chi connectivity index (χ1n) is 7.76. The molecule has 1 saturated carbocycles. The lowest BCUT2D eigenvalue weighted by Gasteiger charge is -2.32. The van der Waals surface area contributed by atoms with Crippen molar-refractivity contribution in [2.24, 2.45) is 5.92 Å². The quantitative estimate of drug-likeness (QED) is 0.822. The zero-order valence-electron chi connectivity index (χ0n) is 12.6. The molecule has 0 bridgehead atoms. The minimum Gasteiger partial charge on any atom is -0.314 e. The van der Waals surface area contributed by atoms with E-state index in [1.54, 1.807) is 0 Å². The van der Waals surface area contributed by atoms with E-state index in [0.717, 1.165) is 25.3 Å². The van der Waals surface area contributed by atoms with E-state index in [4.69, 9.17) is 34.8 Å². The summed E-state index contributed by atoms with van der Waals surface area (Å²) >= 11 is 18.0. The predicted octanol–water partition coefficient (Wildman–Crippen LogP) is 3.80. The molecule has 0 aromatic heterocycles. The summed E-state index contributed by atoms with van der Waals surface area (Å²) in [6.45, 7) is 1.99. The SMILES string of the molecule is O=S(=O)(c1c(Cl)cc(Cl)cc1Cl)N1CCC(NCC2CC2)CC1. The third kappa shape index (κ3) is 4.14. The molecule has 4 nitrogen and oxygen atoms in total. The largest absolute Gasteiger partial charge is 0.314 e. The molecule has 23 heavy (non-hydrogen) atoms. The first-order valence-corrected chi connectivity index (χ1v) is 10.3. The Morgan fingerprint density at radius 1 is 1.04 bits per heavy atom. The molecule has 1 aliphatic heterocycles. The van der Waals surface area contributed by atoms with E-state index < -0.39 is 10.0 Å². The molecule has 0 unspecified atom stereocenters. The van der Waals surface area contributed by atoms with Crippen LogP contribution in [0.3, 0.4) is 0 Å². The summed E-state index contributed by atoms with van der Waals surface area (Å²) in [7, 11) is -3.70. The molecule has 3 rings (SSSR count). The second-order valence-electron chi connectivity index (χ2n) is 6.23. The van der Waals surface area contributed by atoms with Crippen molar-refractivity contribution in [3.63, 3.8) is 0 Å². The number of rotatable bonds is 5. The Balaban J connectivity index is 1.69. The van der Waals surface area contributed by atoms with Gasteiger partial charge in [0, 0.05) is 24.2 Å². The molecule has 2 fully saturated rings. The van der Waals surface area contributed by atoms with Crippen molar-refractivity contribution in [2.75, 3.05) is 19.6 Å². The van der Waals surface area contributed by atoms with Crippen molar-refractivity contribution >= 4 is 44.8 Å². The van der Waals surface area contributed by atoms with E-state index in [1.807, 2.05) is 0 Å². The van der Waals surface area contributed by atoms with Crippen LogP contribution in [-0.4, -0.2) is 38.4 Å². The van der Waals surface area contributed by atoms with Gasteiger partial charge in [0.25, 0.3) is 0 Å². The lowest BCUT2D eigenvalue weighted by atomic mass is 10.1. The van der Waals surface area contributed by atoms with E-state index >= 15 is 0 Å². The summed E-state index contributed by atoms with van der Waals surface area (Å²) in [4.78, 5) is -0.0466. The van der Waals surface area contributed by atoms with Crippen LogP contribution in [0.15, 0.2) is 17.0 Å². The van der Waals surface area contributed by atoms with Crippen molar-refractivity contribution in [1.29, 1.82) is 0 Å². The molecule has 1 aliphatic carbocycles. The van der Waals surface area contributed by atoms with Gasteiger partial charge < -0.3 is 5.32 Å². The van der Waals surface area contributed by atoms with Gasteiger partial charge in [0.1, 0.15) is 4.90 Å². The topological polar surface area (TPSA) is 49.4 Å². The predicted molar refractivity (Wildman–Crippen MR) is 94.0 cm³/mol. The van der Waals surface area contributed by atoms with Crippen LogP contribution in [0, 0.1) is 5.92 Å². The molecule has 1 aromatic carbocycles. The van der Waals surface area contributed by atoms with Crippen LogP contribution < -0.4 is 5.32 Å². The molecule has 2 aliphatic rings. The zero-order valence-corrected chi connectivity index (χ0v) is 15.6. The monoisotopic (exact) mass is 396 g/mol. The maximum Gasteiger partial charge on any atom is 0.246 e. The standard InChI is InChI=1S/C15H19Cl3N2O2S/c16-11-7-13(17)15(14(18)8-11)23(21,22)20-5-3-12(4-6-20)19-9-10-1-2-10/h7-8,10,12,19H,1-6,9H2. The molecule has 128 valence electrons. The fourth-order valence-corrected chi connectivity index (χ4v) is 5.82. The first kappa shape index (κ1) is 17.8. The Morgan fingerprint density at radius 2 is 1.61 bits per heavy atom. The number of benzene rings is 1. The summed E-state index contributed by atoms with van der Waals surface area (Å²) in [6, 6.07) is 3.20. The Hall–Kier alpha value is -0.0400. The molecule has 0 atom stereocenters. The molecule has 0 spiro atoms. The van der Waals surface area contributed by atoms with Gasteiger partial charge in [-0.2, -0.15) is 4.31 Å². The van der Waals surface area contributed by atoms with Crippen LogP contribution in [0.1, 0.15) is 25.7 Å². The smallest absolute Gasteiger partial charge is 0.246 e. The van der Waals surface area contributed by atoms with Crippen molar-refractivity contribution in [3.8, 4) is 0 Å². The fraction of sp³-hybridized carbons (Fsp3) is 0.600. The summed E-state index contributed by atoms with van der Waals surface area (Å²) in [5, 5.41) is 3.99. The highest BCUT2D eigenvalue weighted by molar-refractivity contribution is 7.89. The van der Waals surface area contributed by atoms with Crippen molar-refractivity contribution < 1.29 is 8.42 Å². The van der Waals surface area contributed by atoms with E-state index in [0.29, 0.717) is 24.2 Å². The minimum absolute atomic E-state index is 0.0466. The Kier molecular flexibility index (Phi) is 5.46.